The number of pyridine rings is 1. The van der Waals surface area contributed by atoms with Crippen molar-refractivity contribution in [2.45, 2.75) is 32.2 Å². The molecular formula is C24H25N7O3. The van der Waals surface area contributed by atoms with Gasteiger partial charge in [-0.1, -0.05) is 30.3 Å². The number of anilines is 2. The molecule has 0 radical (unpaired) electrons. The minimum atomic E-state index is -0.724. The van der Waals surface area contributed by atoms with Gasteiger partial charge in [-0.05, 0) is 31.4 Å². The maximum Gasteiger partial charge on any atom is 0.330 e. The van der Waals surface area contributed by atoms with Crippen molar-refractivity contribution in [3.05, 3.63) is 79.8 Å². The Balaban J connectivity index is 1.62. The Hall–Kier alpha value is -4.21. The fourth-order valence-corrected chi connectivity index (χ4v) is 4.33. The number of carbonyl (C=O) groups is 1. The minimum Gasteiger partial charge on any atom is -0.383 e. The van der Waals surface area contributed by atoms with E-state index in [9.17, 15) is 14.4 Å². The molecule has 3 aromatic heterocycles. The van der Waals surface area contributed by atoms with E-state index in [0.29, 0.717) is 28.2 Å². The second kappa shape index (κ2) is 7.98. The van der Waals surface area contributed by atoms with Gasteiger partial charge in [0.25, 0.3) is 11.5 Å². The van der Waals surface area contributed by atoms with E-state index in [-0.39, 0.29) is 18.1 Å². The van der Waals surface area contributed by atoms with Crippen molar-refractivity contribution in [2.75, 3.05) is 17.7 Å². The summed E-state index contributed by atoms with van der Waals surface area (Å²) in [6.07, 6.45) is 2.05. The van der Waals surface area contributed by atoms with E-state index >= 15 is 0 Å². The average molecular weight is 460 g/mol. The molecule has 0 unspecified atom stereocenters. The molecule has 34 heavy (non-hydrogen) atoms. The third-order valence-corrected chi connectivity index (χ3v) is 6.25. The van der Waals surface area contributed by atoms with E-state index in [4.69, 9.17) is 10.7 Å². The molecule has 0 spiro atoms. The standard InChI is InChI=1S/C24H25N7O3/c1-13-18-16(11-17(15-9-10-15)26-21(18)30(3)28-13)23(33)29(2)19-20(25)31(24(34)27-22(19)32)12-14-7-5-4-6-8-14/h4-8,11,15H,9-10,12,25H2,1-3H3,(H,27,32,34). The van der Waals surface area contributed by atoms with Gasteiger partial charge < -0.3 is 10.6 Å². The van der Waals surface area contributed by atoms with Crippen molar-refractivity contribution in [2.24, 2.45) is 7.05 Å². The molecule has 5 rings (SSSR count). The van der Waals surface area contributed by atoms with Crippen LogP contribution in [0.1, 0.15) is 46.1 Å². The van der Waals surface area contributed by atoms with Gasteiger partial charge in [-0.15, -0.1) is 0 Å². The Morgan fingerprint density at radius 3 is 2.62 bits per heavy atom. The first kappa shape index (κ1) is 21.6. The normalized spacial score (nSPS) is 13.4. The number of aromatic nitrogens is 5. The third-order valence-electron chi connectivity index (χ3n) is 6.25. The van der Waals surface area contributed by atoms with Gasteiger partial charge in [0.05, 0.1) is 23.2 Å². The Morgan fingerprint density at radius 2 is 1.94 bits per heavy atom. The molecule has 1 aromatic carbocycles. The van der Waals surface area contributed by atoms with Gasteiger partial charge in [-0.2, -0.15) is 5.10 Å². The highest BCUT2D eigenvalue weighted by atomic mass is 16.2. The molecule has 1 fully saturated rings. The second-order valence-electron chi connectivity index (χ2n) is 8.71. The molecule has 1 aliphatic carbocycles. The molecule has 10 heteroatoms. The number of amides is 1. The zero-order chi connectivity index (χ0) is 24.1. The molecular weight excluding hydrogens is 434 g/mol. The number of aromatic amines is 1. The Bertz CT molecular complexity index is 1550. The number of carbonyl (C=O) groups excluding carboxylic acids is 1. The number of nitrogens with one attached hydrogen (secondary N) is 1. The number of rotatable bonds is 5. The first-order chi connectivity index (χ1) is 16.3. The van der Waals surface area contributed by atoms with Crippen molar-refractivity contribution >= 4 is 28.4 Å². The summed E-state index contributed by atoms with van der Waals surface area (Å²) in [5.74, 6) is -0.186. The predicted octanol–water partition coefficient (Wildman–Crippen LogP) is 1.91. The lowest BCUT2D eigenvalue weighted by Gasteiger charge is -2.21. The number of hydrogen-bond acceptors (Lipinski definition) is 6. The maximum absolute atomic E-state index is 13.7. The van der Waals surface area contributed by atoms with Gasteiger partial charge in [0.1, 0.15) is 5.82 Å². The van der Waals surface area contributed by atoms with E-state index < -0.39 is 17.2 Å². The van der Waals surface area contributed by atoms with E-state index in [1.54, 1.807) is 17.8 Å². The van der Waals surface area contributed by atoms with E-state index in [2.05, 4.69) is 10.1 Å². The molecule has 10 nitrogen and oxygen atoms in total. The number of H-pyrrole nitrogens is 1. The fourth-order valence-electron chi connectivity index (χ4n) is 4.33. The second-order valence-corrected chi connectivity index (χ2v) is 8.71. The Morgan fingerprint density at radius 1 is 1.24 bits per heavy atom. The molecule has 174 valence electrons. The van der Waals surface area contributed by atoms with E-state index in [1.807, 2.05) is 37.3 Å². The molecule has 1 saturated carbocycles. The highest BCUT2D eigenvalue weighted by molar-refractivity contribution is 6.14. The van der Waals surface area contributed by atoms with Crippen LogP contribution in [0.2, 0.25) is 0 Å². The Kier molecular flexibility index (Phi) is 5.07. The van der Waals surface area contributed by atoms with Crippen LogP contribution < -0.4 is 21.9 Å². The van der Waals surface area contributed by atoms with Gasteiger partial charge in [0, 0.05) is 25.7 Å². The van der Waals surface area contributed by atoms with Crippen LogP contribution in [-0.4, -0.2) is 37.3 Å². The summed E-state index contributed by atoms with van der Waals surface area (Å²) in [7, 11) is 3.27. The monoisotopic (exact) mass is 459 g/mol. The maximum atomic E-state index is 13.7. The lowest BCUT2D eigenvalue weighted by Crippen LogP contribution is -2.39. The molecule has 1 aliphatic rings. The lowest BCUT2D eigenvalue weighted by molar-refractivity contribution is 0.0994. The molecule has 0 bridgehead atoms. The number of nitrogens with zero attached hydrogens (tertiary/aromatic N) is 5. The number of nitrogens with two attached hydrogens (primary N) is 1. The van der Waals surface area contributed by atoms with Gasteiger partial charge >= 0.3 is 5.69 Å². The predicted molar refractivity (Wildman–Crippen MR) is 129 cm³/mol. The van der Waals surface area contributed by atoms with E-state index in [1.165, 1.54) is 16.5 Å². The molecule has 0 aliphatic heterocycles. The number of nitrogen functional groups attached to an aromatic ring is 1. The van der Waals surface area contributed by atoms with Crippen molar-refractivity contribution in [1.29, 1.82) is 0 Å². The van der Waals surface area contributed by atoms with Crippen molar-refractivity contribution in [3.8, 4) is 0 Å². The molecule has 3 N–H and O–H groups in total. The van der Waals surface area contributed by atoms with Crippen molar-refractivity contribution in [3.63, 3.8) is 0 Å². The minimum absolute atomic E-state index is 0.0796. The van der Waals surface area contributed by atoms with Gasteiger partial charge in [0.15, 0.2) is 11.3 Å². The van der Waals surface area contributed by atoms with Gasteiger partial charge in [-0.25, -0.2) is 9.78 Å². The first-order valence-corrected chi connectivity index (χ1v) is 11.0. The number of aryl methyl sites for hydroxylation is 2. The first-order valence-electron chi connectivity index (χ1n) is 11.0. The van der Waals surface area contributed by atoms with Crippen LogP contribution in [-0.2, 0) is 13.6 Å². The van der Waals surface area contributed by atoms with Crippen LogP contribution in [0.5, 0.6) is 0 Å². The summed E-state index contributed by atoms with van der Waals surface area (Å²) < 4.78 is 2.91. The number of benzene rings is 1. The van der Waals surface area contributed by atoms with Crippen molar-refractivity contribution < 1.29 is 4.79 Å². The quantitative estimate of drug-likeness (QED) is 0.469. The largest absolute Gasteiger partial charge is 0.383 e. The molecule has 3 heterocycles. The van der Waals surface area contributed by atoms with E-state index in [0.717, 1.165) is 24.1 Å². The zero-order valence-electron chi connectivity index (χ0n) is 19.2. The lowest BCUT2D eigenvalue weighted by atomic mass is 10.1. The molecule has 0 atom stereocenters. The van der Waals surface area contributed by atoms with Crippen LogP contribution in [0.4, 0.5) is 11.5 Å². The van der Waals surface area contributed by atoms with Crippen LogP contribution >= 0.6 is 0 Å². The summed E-state index contributed by atoms with van der Waals surface area (Å²) >= 11 is 0. The highest BCUT2D eigenvalue weighted by Gasteiger charge is 2.30. The van der Waals surface area contributed by atoms with Crippen molar-refractivity contribution in [1.82, 2.24) is 24.3 Å². The SMILES string of the molecule is Cc1nn(C)c2nc(C3CC3)cc(C(=O)N(C)c3c(N)n(Cc4ccccc4)c(=O)[nH]c3=O)c12. The molecule has 0 saturated heterocycles. The van der Waals surface area contributed by atoms with Gasteiger partial charge in [0.2, 0.25) is 0 Å². The summed E-state index contributed by atoms with van der Waals surface area (Å²) in [4.78, 5) is 47.3. The summed E-state index contributed by atoms with van der Waals surface area (Å²) in [5.41, 5.74) is 8.22. The van der Waals surface area contributed by atoms with Crippen LogP contribution in [0, 0.1) is 6.92 Å². The van der Waals surface area contributed by atoms with Crippen LogP contribution in [0.25, 0.3) is 11.0 Å². The van der Waals surface area contributed by atoms with Crippen LogP contribution in [0.3, 0.4) is 0 Å². The van der Waals surface area contributed by atoms with Gasteiger partial charge in [-0.3, -0.25) is 23.8 Å². The fraction of sp³-hybridized carbons (Fsp3) is 0.292. The third kappa shape index (κ3) is 3.57. The topological polar surface area (TPSA) is 132 Å². The number of fused-ring (bicyclic) bond motifs is 1. The Labute approximate surface area is 194 Å². The summed E-state index contributed by atoms with van der Waals surface area (Å²) in [6.45, 7) is 1.98. The zero-order valence-corrected chi connectivity index (χ0v) is 19.2. The van der Waals surface area contributed by atoms with Crippen LogP contribution in [0.15, 0.2) is 46.0 Å². The highest BCUT2D eigenvalue weighted by Crippen LogP contribution is 2.40. The summed E-state index contributed by atoms with van der Waals surface area (Å²) in [6, 6.07) is 11.1. The summed E-state index contributed by atoms with van der Waals surface area (Å²) in [5, 5.41) is 5.07. The number of hydrogen-bond donors (Lipinski definition) is 2. The molecule has 1 amide bonds. The molecule has 4 aromatic rings. The average Bonchev–Trinajstić information content (AvgIpc) is 3.62. The smallest absolute Gasteiger partial charge is 0.330 e.